The number of rotatable bonds is 6. The van der Waals surface area contributed by atoms with Crippen molar-refractivity contribution in [3.63, 3.8) is 0 Å². The van der Waals surface area contributed by atoms with Crippen molar-refractivity contribution < 1.29 is 27.4 Å². The van der Waals surface area contributed by atoms with E-state index < -0.39 is 30.0 Å². The summed E-state index contributed by atoms with van der Waals surface area (Å²) >= 11 is 6.56. The monoisotopic (exact) mass is 544 g/mol. The van der Waals surface area contributed by atoms with E-state index in [4.69, 9.17) is 26.5 Å². The van der Waals surface area contributed by atoms with Crippen molar-refractivity contribution >= 4 is 23.6 Å². The molecule has 3 aromatic carbocycles. The zero-order chi connectivity index (χ0) is 27.8. The van der Waals surface area contributed by atoms with Gasteiger partial charge in [-0.25, -0.2) is 4.79 Å². The zero-order valence-electron chi connectivity index (χ0n) is 21.4. The highest BCUT2D eigenvalue weighted by Gasteiger charge is 2.41. The lowest BCUT2D eigenvalue weighted by Gasteiger charge is -2.23. The van der Waals surface area contributed by atoms with Gasteiger partial charge in [0, 0.05) is 16.1 Å². The molecule has 1 fully saturated rings. The van der Waals surface area contributed by atoms with E-state index in [-0.39, 0.29) is 12.4 Å². The number of ether oxygens (including phenoxy) is 2. The number of benzene rings is 3. The Morgan fingerprint density at radius 1 is 1.05 bits per heavy atom. The van der Waals surface area contributed by atoms with E-state index in [1.54, 1.807) is 45.0 Å². The number of amides is 1. The third-order valence-corrected chi connectivity index (χ3v) is 6.89. The fourth-order valence-electron chi connectivity index (χ4n) is 4.70. The molecule has 1 aliphatic heterocycles. The molecule has 0 radical (unpaired) electrons. The van der Waals surface area contributed by atoms with Gasteiger partial charge in [-0.2, -0.15) is 13.2 Å². The lowest BCUT2D eigenvalue weighted by molar-refractivity contribution is -0.137. The number of halogens is 4. The van der Waals surface area contributed by atoms with Crippen LogP contribution in [-0.4, -0.2) is 29.5 Å². The molecule has 9 heteroatoms. The Kier molecular flexibility index (Phi) is 7.74. The van der Waals surface area contributed by atoms with E-state index in [1.807, 2.05) is 25.1 Å². The number of hydrogen-bond donors (Lipinski definition) is 1. The van der Waals surface area contributed by atoms with E-state index in [1.165, 1.54) is 4.90 Å². The van der Waals surface area contributed by atoms with E-state index in [0.29, 0.717) is 33.9 Å². The molecular weight excluding hydrogens is 517 g/mol. The Bertz CT molecular complexity index is 1390. The summed E-state index contributed by atoms with van der Waals surface area (Å²) in [6.45, 7) is 7.59. The number of nitrogens with one attached hydrogen (secondary N) is 1. The minimum absolute atomic E-state index is 0.0232. The molecule has 38 heavy (non-hydrogen) atoms. The SMILES string of the molecule is CCOC(=N)c1ccc(Cl)c(-c2ccc(C)cc2CN2C(=O)O[C@H](c3cc(C)cc(C(F)(F)F)c3)[C@@H]2C)c1. The molecule has 2 atom stereocenters. The number of nitrogens with zero attached hydrogens (tertiary/aromatic N) is 1. The predicted molar refractivity (Wildman–Crippen MR) is 140 cm³/mol. The molecule has 3 aromatic rings. The third-order valence-electron chi connectivity index (χ3n) is 6.56. The molecule has 200 valence electrons. The number of hydrogen-bond acceptors (Lipinski definition) is 4. The van der Waals surface area contributed by atoms with Crippen LogP contribution in [0.1, 0.15) is 53.3 Å². The van der Waals surface area contributed by atoms with Crippen molar-refractivity contribution in [3.8, 4) is 11.1 Å². The summed E-state index contributed by atoms with van der Waals surface area (Å²) in [7, 11) is 0. The fraction of sp³-hybridized carbons (Fsp3) is 0.310. The molecule has 0 aliphatic carbocycles. The van der Waals surface area contributed by atoms with Crippen LogP contribution in [0.5, 0.6) is 0 Å². The van der Waals surface area contributed by atoms with Gasteiger partial charge in [-0.3, -0.25) is 10.3 Å². The maximum Gasteiger partial charge on any atom is 0.416 e. The van der Waals surface area contributed by atoms with Crippen LogP contribution < -0.4 is 0 Å². The van der Waals surface area contributed by atoms with E-state index >= 15 is 0 Å². The van der Waals surface area contributed by atoms with Crippen LogP contribution in [-0.2, 0) is 22.2 Å². The van der Waals surface area contributed by atoms with Crippen LogP contribution >= 0.6 is 11.6 Å². The molecule has 1 aliphatic rings. The molecule has 0 saturated carbocycles. The van der Waals surface area contributed by atoms with Gasteiger partial charge in [0.25, 0.3) is 0 Å². The second-order valence-electron chi connectivity index (χ2n) is 9.42. The molecule has 1 N–H and O–H groups in total. The summed E-state index contributed by atoms with van der Waals surface area (Å²) in [5, 5.41) is 8.62. The quantitative estimate of drug-likeness (QED) is 0.252. The second-order valence-corrected chi connectivity index (χ2v) is 9.83. The summed E-state index contributed by atoms with van der Waals surface area (Å²) in [6.07, 6.45) is -5.96. The molecule has 1 amide bonds. The van der Waals surface area contributed by atoms with Gasteiger partial charge < -0.3 is 9.47 Å². The van der Waals surface area contributed by atoms with Gasteiger partial charge in [0.2, 0.25) is 5.90 Å². The molecule has 0 bridgehead atoms. The summed E-state index contributed by atoms with van der Waals surface area (Å²) in [5.74, 6) is 0.0232. The number of carbonyl (C=O) groups is 1. The predicted octanol–water partition coefficient (Wildman–Crippen LogP) is 8.09. The van der Waals surface area contributed by atoms with Crippen molar-refractivity contribution in [1.82, 2.24) is 4.90 Å². The van der Waals surface area contributed by atoms with Crippen molar-refractivity contribution in [1.29, 1.82) is 5.41 Å². The molecule has 0 unspecified atom stereocenters. The largest absolute Gasteiger partial charge is 0.478 e. The first-order valence-electron chi connectivity index (χ1n) is 12.2. The van der Waals surface area contributed by atoms with Crippen LogP contribution in [0.4, 0.5) is 18.0 Å². The van der Waals surface area contributed by atoms with Gasteiger partial charge in [0.1, 0.15) is 6.10 Å². The highest BCUT2D eigenvalue weighted by molar-refractivity contribution is 6.33. The molecule has 0 spiro atoms. The summed E-state index contributed by atoms with van der Waals surface area (Å²) in [6, 6.07) is 14.2. The van der Waals surface area contributed by atoms with Gasteiger partial charge >= 0.3 is 12.3 Å². The number of aryl methyl sites for hydroxylation is 2. The summed E-state index contributed by atoms with van der Waals surface area (Å²) < 4.78 is 51.2. The van der Waals surface area contributed by atoms with Crippen molar-refractivity contribution in [2.45, 2.75) is 52.6 Å². The van der Waals surface area contributed by atoms with Crippen molar-refractivity contribution in [2.75, 3.05) is 6.61 Å². The van der Waals surface area contributed by atoms with E-state index in [0.717, 1.165) is 28.8 Å². The Morgan fingerprint density at radius 2 is 1.79 bits per heavy atom. The fourth-order valence-corrected chi connectivity index (χ4v) is 4.92. The number of carbonyl (C=O) groups excluding carboxylic acids is 1. The second kappa shape index (κ2) is 10.7. The number of cyclic esters (lactones) is 1. The summed E-state index contributed by atoms with van der Waals surface area (Å²) in [5.41, 5.74) is 3.72. The molecule has 0 aromatic heterocycles. The average molecular weight is 545 g/mol. The molecule has 1 heterocycles. The average Bonchev–Trinajstić information content (AvgIpc) is 3.12. The first-order valence-corrected chi connectivity index (χ1v) is 12.5. The normalized spacial score (nSPS) is 17.5. The van der Waals surface area contributed by atoms with E-state index in [2.05, 4.69) is 0 Å². The van der Waals surface area contributed by atoms with E-state index in [9.17, 15) is 18.0 Å². The number of alkyl halides is 3. The first-order chi connectivity index (χ1) is 17.9. The molecular formula is C29H28ClF3N2O3. The lowest BCUT2D eigenvalue weighted by atomic mass is 9.95. The van der Waals surface area contributed by atoms with Crippen LogP contribution in [0, 0.1) is 19.3 Å². The molecule has 5 nitrogen and oxygen atoms in total. The zero-order valence-corrected chi connectivity index (χ0v) is 22.2. The van der Waals surface area contributed by atoms with Crippen LogP contribution in [0.25, 0.3) is 11.1 Å². The van der Waals surface area contributed by atoms with Crippen molar-refractivity contribution in [3.05, 3.63) is 93.0 Å². The Labute approximate surface area is 224 Å². The first kappa shape index (κ1) is 27.5. The van der Waals surface area contributed by atoms with Gasteiger partial charge in [-0.1, -0.05) is 47.0 Å². The van der Waals surface area contributed by atoms with Crippen LogP contribution in [0.2, 0.25) is 5.02 Å². The Morgan fingerprint density at radius 3 is 2.47 bits per heavy atom. The Balaban J connectivity index is 1.68. The summed E-state index contributed by atoms with van der Waals surface area (Å²) in [4.78, 5) is 14.5. The Hall–Kier alpha value is -3.52. The minimum atomic E-state index is -4.50. The highest BCUT2D eigenvalue weighted by atomic mass is 35.5. The smallest absolute Gasteiger partial charge is 0.416 e. The van der Waals surface area contributed by atoms with Crippen LogP contribution in [0.15, 0.2) is 54.6 Å². The van der Waals surface area contributed by atoms with Gasteiger partial charge in [-0.05, 0) is 74.7 Å². The van der Waals surface area contributed by atoms with Crippen LogP contribution in [0.3, 0.4) is 0 Å². The van der Waals surface area contributed by atoms with Gasteiger partial charge in [0.15, 0.2) is 0 Å². The topological polar surface area (TPSA) is 62.6 Å². The maximum atomic E-state index is 13.4. The van der Waals surface area contributed by atoms with Crippen molar-refractivity contribution in [2.24, 2.45) is 0 Å². The molecule has 1 saturated heterocycles. The third kappa shape index (κ3) is 5.65. The standard InChI is InChI=1S/C29H28ClF3N2O3/c1-5-37-27(34)19-7-9-25(30)24(14-19)23-8-6-16(2)10-21(23)15-35-18(4)26(38-28(35)36)20-11-17(3)12-22(13-20)29(31,32)33/h6-14,18,26,34H,5,15H2,1-4H3/t18-,26-/m0/s1. The van der Waals surface area contributed by atoms with Gasteiger partial charge in [-0.15, -0.1) is 0 Å². The maximum absolute atomic E-state index is 13.4. The lowest BCUT2D eigenvalue weighted by Crippen LogP contribution is -2.31. The van der Waals surface area contributed by atoms with Gasteiger partial charge in [0.05, 0.1) is 24.8 Å². The minimum Gasteiger partial charge on any atom is -0.478 e. The highest BCUT2D eigenvalue weighted by Crippen LogP contribution is 2.39. The molecule has 4 rings (SSSR count).